The van der Waals surface area contributed by atoms with Gasteiger partial charge in [-0.2, -0.15) is 0 Å². The number of rotatable bonds is 12. The zero-order valence-electron chi connectivity index (χ0n) is 67.9. The highest BCUT2D eigenvalue weighted by Gasteiger charge is 2.29. The Morgan fingerprint density at radius 3 is 0.732 bits per heavy atom. The predicted octanol–water partition coefficient (Wildman–Crippen LogP) is 33.9. The molecule has 4 heteroatoms. The topological polar surface area (TPSA) is 13.0 Å². The van der Waals surface area contributed by atoms with Crippen LogP contribution in [0, 0.1) is 6.92 Å². The fraction of sp³-hybridized carbons (Fsp3) is 0.00840. The van der Waals surface area contributed by atoms with Gasteiger partial charge in [0.15, 0.2) is 0 Å². The Hall–Kier alpha value is -16.1. The van der Waals surface area contributed by atoms with Crippen LogP contribution in [0.5, 0.6) is 0 Å². The maximum atomic E-state index is 2.42. The van der Waals surface area contributed by atoms with Crippen LogP contribution in [0.2, 0.25) is 0 Å². The molecule has 578 valence electrons. The van der Waals surface area contributed by atoms with E-state index in [0.29, 0.717) is 0 Å². The lowest BCUT2D eigenvalue weighted by atomic mass is 9.99. The molecule has 25 rings (SSSR count). The van der Waals surface area contributed by atoms with Gasteiger partial charge in [0.25, 0.3) is 0 Å². The molecule has 0 fully saturated rings. The highest BCUT2D eigenvalue weighted by atomic mass is 15.2. The number of nitrogens with zero attached hydrogens (tertiary/aromatic N) is 4. The minimum absolute atomic E-state index is 1.16. The zero-order valence-corrected chi connectivity index (χ0v) is 67.9. The minimum Gasteiger partial charge on any atom is -0.310 e. The molecule has 22 aromatic carbocycles. The number of para-hydroxylation sites is 5. The van der Waals surface area contributed by atoms with Gasteiger partial charge in [0.1, 0.15) is 0 Å². The molecular weight excluding hydrogens is 1490 g/mol. The summed E-state index contributed by atoms with van der Waals surface area (Å²) in [7, 11) is 0. The van der Waals surface area contributed by atoms with Gasteiger partial charge in [-0.25, -0.2) is 0 Å². The van der Waals surface area contributed by atoms with Crippen molar-refractivity contribution in [3.8, 4) is 66.8 Å². The van der Waals surface area contributed by atoms with E-state index in [0.717, 1.165) is 39.8 Å². The summed E-state index contributed by atoms with van der Waals surface area (Å²) in [6.45, 7) is 2.13. The molecule has 3 aliphatic carbocycles. The van der Waals surface area contributed by atoms with Crippen molar-refractivity contribution in [3.63, 3.8) is 0 Å². The van der Waals surface area contributed by atoms with E-state index in [1.807, 2.05) is 0 Å². The van der Waals surface area contributed by atoms with E-state index in [9.17, 15) is 0 Å². The fourth-order valence-electron chi connectivity index (χ4n) is 19.1. The SMILES string of the molecule is Cc1ccc(N(c2ccccc2)c2ccc3c4c(cccc24)-c2ccccc2-3)cc1.c1ccc(N(c2ccccc2)c2cc3ccccc3c3ccccc23)cc1.c1ccc(N(c2ccccc2)c2ccc3c4c(cccc24)-c2ccccc2-3)cc1.c1ccc2c(c1)-c1cccc3c(N(c4ccc5ccccc5c4)c4ccc5ccccc5c4)ccc-2c13. The van der Waals surface area contributed by atoms with Gasteiger partial charge in [-0.15, -0.1) is 0 Å². The lowest BCUT2D eigenvalue weighted by molar-refractivity contribution is 1.29. The van der Waals surface area contributed by atoms with Crippen LogP contribution in [0.3, 0.4) is 0 Å². The molecule has 0 atom stereocenters. The zero-order chi connectivity index (χ0) is 81.7. The van der Waals surface area contributed by atoms with Gasteiger partial charge in [-0.05, 0) is 249 Å². The first kappa shape index (κ1) is 73.3. The molecule has 0 amide bonds. The molecule has 0 unspecified atom stereocenters. The van der Waals surface area contributed by atoms with Gasteiger partial charge in [-0.3, -0.25) is 0 Å². The van der Waals surface area contributed by atoms with Crippen LogP contribution in [-0.2, 0) is 0 Å². The second-order valence-corrected chi connectivity index (χ2v) is 31.8. The summed E-state index contributed by atoms with van der Waals surface area (Å²) in [5, 5.41) is 17.9. The van der Waals surface area contributed by atoms with E-state index in [1.165, 1.54) is 176 Å². The van der Waals surface area contributed by atoms with Gasteiger partial charge < -0.3 is 19.6 Å². The maximum absolute atomic E-state index is 2.42. The molecule has 0 aromatic heterocycles. The maximum Gasteiger partial charge on any atom is 0.0546 e. The Morgan fingerprint density at radius 1 is 0.130 bits per heavy atom. The minimum atomic E-state index is 1.16. The van der Waals surface area contributed by atoms with Crippen molar-refractivity contribution >= 4 is 144 Å². The van der Waals surface area contributed by atoms with E-state index >= 15 is 0 Å². The lowest BCUT2D eigenvalue weighted by Crippen LogP contribution is -2.10. The molecule has 0 saturated heterocycles. The second kappa shape index (κ2) is 31.6. The quantitative estimate of drug-likeness (QED) is 0.113. The molecule has 0 heterocycles. The van der Waals surface area contributed by atoms with E-state index < -0.39 is 0 Å². The molecule has 0 saturated carbocycles. The highest BCUT2D eigenvalue weighted by molar-refractivity contribution is 6.23. The average molecular weight is 1570 g/mol. The third kappa shape index (κ3) is 13.2. The van der Waals surface area contributed by atoms with Gasteiger partial charge in [-0.1, -0.05) is 363 Å². The molecule has 0 radical (unpaired) electrons. The molecule has 0 N–H and O–H groups in total. The van der Waals surface area contributed by atoms with E-state index in [4.69, 9.17) is 0 Å². The van der Waals surface area contributed by atoms with Crippen molar-refractivity contribution in [1.82, 2.24) is 0 Å². The number of hydrogen-bond donors (Lipinski definition) is 0. The summed E-state index contributed by atoms with van der Waals surface area (Å²) >= 11 is 0. The van der Waals surface area contributed by atoms with E-state index in [2.05, 4.69) is 506 Å². The van der Waals surface area contributed by atoms with Gasteiger partial charge in [0.2, 0.25) is 0 Å². The van der Waals surface area contributed by atoms with Gasteiger partial charge in [0.05, 0.1) is 22.7 Å². The normalized spacial score (nSPS) is 11.5. The van der Waals surface area contributed by atoms with Crippen LogP contribution in [0.15, 0.2) is 479 Å². The number of fused-ring (bicyclic) bond motifs is 14. The molecular formula is C119H82N4. The number of aryl methyl sites for hydroxylation is 1. The van der Waals surface area contributed by atoms with Crippen LogP contribution < -0.4 is 19.6 Å². The summed E-state index contributed by atoms with van der Waals surface area (Å²) in [5.41, 5.74) is 31.3. The Bertz CT molecular complexity index is 7520. The van der Waals surface area contributed by atoms with Crippen LogP contribution in [0.25, 0.3) is 142 Å². The van der Waals surface area contributed by atoms with Crippen molar-refractivity contribution in [2.24, 2.45) is 0 Å². The van der Waals surface area contributed by atoms with Gasteiger partial charge in [0, 0.05) is 67.0 Å². The fourth-order valence-corrected chi connectivity index (χ4v) is 19.1. The summed E-state index contributed by atoms with van der Waals surface area (Å²) in [4.78, 5) is 9.48. The number of benzene rings is 22. The van der Waals surface area contributed by atoms with Crippen LogP contribution in [0.4, 0.5) is 68.2 Å². The molecule has 4 nitrogen and oxygen atoms in total. The van der Waals surface area contributed by atoms with Crippen LogP contribution >= 0.6 is 0 Å². The van der Waals surface area contributed by atoms with Gasteiger partial charge >= 0.3 is 0 Å². The molecule has 0 spiro atoms. The Balaban J connectivity index is 0.0000000985. The molecule has 22 aromatic rings. The molecule has 0 aliphatic heterocycles. The van der Waals surface area contributed by atoms with E-state index in [1.54, 1.807) is 0 Å². The summed E-state index contributed by atoms with van der Waals surface area (Å²) in [5.74, 6) is 0. The standard InChI is InChI=1S/C36H23N.C29H21N.C28H19N.C26H19N/c1-3-10-26-22-28(18-16-24(26)8-1)37(29-19-17-25-9-2-4-11-27(25)23-29)35-21-20-33-31-13-6-5-12-30(31)32-14-7-15-34(35)36(32)33;1-20-14-16-22(17-15-20)30(21-8-3-2-4-9-21)28-19-18-26-24-11-6-5-10-23(24)25-12-7-13-27(28)29(25)26;1-3-10-20(11-4-1)29(21-12-5-2-6-13-21)27-19-18-25-23-15-8-7-14-22(23)24-16-9-17-26(27)28(24)25;1-3-12-21(13-4-1)27(22-14-5-2-6-15-22)26-19-20-11-7-8-16-23(20)24-17-9-10-18-25(24)26/h1-23H;2-19H,1H3;1-19H;1-19H. The predicted molar refractivity (Wildman–Crippen MR) is 525 cm³/mol. The van der Waals surface area contributed by atoms with Crippen molar-refractivity contribution in [2.75, 3.05) is 19.6 Å². The summed E-state index contributed by atoms with van der Waals surface area (Å²) in [6.07, 6.45) is 0. The average Bonchev–Trinajstić information content (AvgIpc) is 1.60. The lowest BCUT2D eigenvalue weighted by Gasteiger charge is -2.28. The molecule has 123 heavy (non-hydrogen) atoms. The third-order valence-electron chi connectivity index (χ3n) is 24.6. The first-order valence-corrected chi connectivity index (χ1v) is 42.4. The largest absolute Gasteiger partial charge is 0.310 e. The first-order valence-electron chi connectivity index (χ1n) is 42.4. The van der Waals surface area contributed by atoms with E-state index in [-0.39, 0.29) is 0 Å². The summed E-state index contributed by atoms with van der Waals surface area (Å²) < 4.78 is 0. The number of anilines is 12. The van der Waals surface area contributed by atoms with Crippen molar-refractivity contribution in [1.29, 1.82) is 0 Å². The van der Waals surface area contributed by atoms with Crippen LogP contribution in [-0.4, -0.2) is 0 Å². The Morgan fingerprint density at radius 2 is 0.374 bits per heavy atom. The highest BCUT2D eigenvalue weighted by Crippen LogP contribution is 2.56. The Labute approximate surface area is 716 Å². The third-order valence-corrected chi connectivity index (χ3v) is 24.6. The first-order chi connectivity index (χ1) is 61.0. The Kier molecular flexibility index (Phi) is 18.8. The van der Waals surface area contributed by atoms with Crippen molar-refractivity contribution in [3.05, 3.63) is 485 Å². The second-order valence-electron chi connectivity index (χ2n) is 31.8. The number of hydrogen-bond acceptors (Lipinski definition) is 4. The van der Waals surface area contributed by atoms with Crippen molar-refractivity contribution in [2.45, 2.75) is 6.92 Å². The van der Waals surface area contributed by atoms with Crippen LogP contribution in [0.1, 0.15) is 5.56 Å². The summed E-state index contributed by atoms with van der Waals surface area (Å²) in [6, 6.07) is 172. The molecule has 3 aliphatic rings. The smallest absolute Gasteiger partial charge is 0.0546 e. The molecule has 0 bridgehead atoms. The monoisotopic (exact) mass is 1570 g/mol. The van der Waals surface area contributed by atoms with Crippen molar-refractivity contribution < 1.29 is 0 Å².